The fourth-order valence-corrected chi connectivity index (χ4v) is 1.98. The van der Waals surface area contributed by atoms with Crippen molar-refractivity contribution in [1.29, 1.82) is 0 Å². The van der Waals surface area contributed by atoms with Gasteiger partial charge in [-0.1, -0.05) is 0 Å². The molecule has 1 aromatic carbocycles. The highest BCUT2D eigenvalue weighted by Gasteiger charge is 2.17. The predicted molar refractivity (Wildman–Crippen MR) is 69.1 cm³/mol. The molecule has 1 aliphatic rings. The van der Waals surface area contributed by atoms with Gasteiger partial charge in [0.1, 0.15) is 0 Å². The lowest BCUT2D eigenvalue weighted by atomic mass is 10.0. The summed E-state index contributed by atoms with van der Waals surface area (Å²) >= 11 is 0. The molecular formula is C13H18N2O3. The van der Waals surface area contributed by atoms with Gasteiger partial charge in [0.15, 0.2) is 0 Å². The number of hydrogen-bond donors (Lipinski definition) is 2. The van der Waals surface area contributed by atoms with E-state index in [4.69, 9.17) is 20.9 Å². The van der Waals surface area contributed by atoms with Crippen LogP contribution in [0.4, 0.5) is 11.4 Å². The molecule has 1 saturated heterocycles. The average Bonchev–Trinajstić information content (AvgIpc) is 2.36. The van der Waals surface area contributed by atoms with Gasteiger partial charge in [-0.05, 0) is 37.0 Å². The van der Waals surface area contributed by atoms with E-state index in [0.29, 0.717) is 29.5 Å². The second-order valence-corrected chi connectivity index (χ2v) is 4.54. The van der Waals surface area contributed by atoms with Crippen molar-refractivity contribution in [1.82, 2.24) is 0 Å². The summed E-state index contributed by atoms with van der Waals surface area (Å²) in [5.74, 6) is 0.0154. The molecule has 5 nitrogen and oxygen atoms in total. The third kappa shape index (κ3) is 3.37. The molecule has 1 aromatic rings. The highest BCUT2D eigenvalue weighted by atomic mass is 16.5. The Morgan fingerprint density at radius 2 is 1.83 bits per heavy atom. The SMILES string of the molecule is Nc1cc(N)cc(C(=O)OCC2CCOCC2)c1. The summed E-state index contributed by atoms with van der Waals surface area (Å²) in [6, 6.07) is 4.75. The van der Waals surface area contributed by atoms with Gasteiger partial charge in [0.05, 0.1) is 12.2 Å². The van der Waals surface area contributed by atoms with Crippen LogP contribution in [0, 0.1) is 5.92 Å². The van der Waals surface area contributed by atoms with Gasteiger partial charge in [0.2, 0.25) is 0 Å². The lowest BCUT2D eigenvalue weighted by Gasteiger charge is -2.21. The minimum atomic E-state index is -0.375. The van der Waals surface area contributed by atoms with E-state index in [1.807, 2.05) is 0 Å². The number of benzene rings is 1. The lowest BCUT2D eigenvalue weighted by molar-refractivity contribution is 0.0186. The largest absolute Gasteiger partial charge is 0.462 e. The summed E-state index contributed by atoms with van der Waals surface area (Å²) in [7, 11) is 0. The Morgan fingerprint density at radius 1 is 1.22 bits per heavy atom. The number of anilines is 2. The van der Waals surface area contributed by atoms with Gasteiger partial charge in [-0.15, -0.1) is 0 Å². The first-order valence-electron chi connectivity index (χ1n) is 6.06. The number of nitrogen functional groups attached to an aromatic ring is 2. The van der Waals surface area contributed by atoms with Gasteiger partial charge < -0.3 is 20.9 Å². The van der Waals surface area contributed by atoms with Crippen molar-refractivity contribution >= 4 is 17.3 Å². The fraction of sp³-hybridized carbons (Fsp3) is 0.462. The Bertz CT molecular complexity index is 408. The topological polar surface area (TPSA) is 87.6 Å². The second kappa shape index (κ2) is 5.73. The molecule has 0 spiro atoms. The number of nitrogens with two attached hydrogens (primary N) is 2. The maximum atomic E-state index is 11.8. The third-order valence-electron chi connectivity index (χ3n) is 3.00. The fourth-order valence-electron chi connectivity index (χ4n) is 1.98. The first kappa shape index (κ1) is 12.7. The number of rotatable bonds is 3. The first-order valence-corrected chi connectivity index (χ1v) is 6.06. The highest BCUT2D eigenvalue weighted by Crippen LogP contribution is 2.17. The summed E-state index contributed by atoms with van der Waals surface area (Å²) in [4.78, 5) is 11.8. The normalized spacial score (nSPS) is 16.4. The first-order chi connectivity index (χ1) is 8.65. The molecule has 0 amide bonds. The van der Waals surface area contributed by atoms with Crippen molar-refractivity contribution in [2.24, 2.45) is 5.92 Å². The summed E-state index contributed by atoms with van der Waals surface area (Å²) in [5.41, 5.74) is 12.6. The van der Waals surface area contributed by atoms with Crippen LogP contribution in [0.3, 0.4) is 0 Å². The predicted octanol–water partition coefficient (Wildman–Crippen LogP) is 1.43. The highest BCUT2D eigenvalue weighted by molar-refractivity contribution is 5.91. The van der Waals surface area contributed by atoms with Gasteiger partial charge in [-0.3, -0.25) is 0 Å². The van der Waals surface area contributed by atoms with Crippen LogP contribution in [-0.2, 0) is 9.47 Å². The van der Waals surface area contributed by atoms with Crippen LogP contribution in [0.15, 0.2) is 18.2 Å². The zero-order chi connectivity index (χ0) is 13.0. The van der Waals surface area contributed by atoms with Crippen LogP contribution in [0.2, 0.25) is 0 Å². The zero-order valence-corrected chi connectivity index (χ0v) is 10.2. The molecule has 2 rings (SSSR count). The van der Waals surface area contributed by atoms with E-state index in [2.05, 4.69) is 0 Å². The maximum absolute atomic E-state index is 11.8. The molecule has 0 unspecified atom stereocenters. The van der Waals surface area contributed by atoms with Gasteiger partial charge in [0, 0.05) is 24.6 Å². The standard InChI is InChI=1S/C13H18N2O3/c14-11-5-10(6-12(15)7-11)13(16)18-8-9-1-3-17-4-2-9/h5-7,9H,1-4,8,14-15H2. The van der Waals surface area contributed by atoms with Crippen LogP contribution < -0.4 is 11.5 Å². The van der Waals surface area contributed by atoms with E-state index < -0.39 is 0 Å². The molecule has 1 aliphatic heterocycles. The summed E-state index contributed by atoms with van der Waals surface area (Å²) < 4.78 is 10.5. The van der Waals surface area contributed by atoms with Crippen molar-refractivity contribution < 1.29 is 14.3 Å². The minimum absolute atomic E-state index is 0.375. The van der Waals surface area contributed by atoms with Gasteiger partial charge in [-0.2, -0.15) is 0 Å². The van der Waals surface area contributed by atoms with Crippen molar-refractivity contribution in [3.63, 3.8) is 0 Å². The monoisotopic (exact) mass is 250 g/mol. The molecule has 1 heterocycles. The smallest absolute Gasteiger partial charge is 0.338 e. The van der Waals surface area contributed by atoms with Crippen LogP contribution >= 0.6 is 0 Å². The van der Waals surface area contributed by atoms with E-state index in [1.54, 1.807) is 18.2 Å². The average molecular weight is 250 g/mol. The van der Waals surface area contributed by atoms with E-state index in [-0.39, 0.29) is 5.97 Å². The molecule has 0 bridgehead atoms. The van der Waals surface area contributed by atoms with Crippen molar-refractivity contribution in [2.45, 2.75) is 12.8 Å². The summed E-state index contributed by atoms with van der Waals surface area (Å²) in [5, 5.41) is 0. The van der Waals surface area contributed by atoms with E-state index >= 15 is 0 Å². The lowest BCUT2D eigenvalue weighted by Crippen LogP contribution is -2.22. The summed E-state index contributed by atoms with van der Waals surface area (Å²) in [6.07, 6.45) is 1.87. The molecule has 0 radical (unpaired) electrons. The molecule has 1 fully saturated rings. The maximum Gasteiger partial charge on any atom is 0.338 e. The van der Waals surface area contributed by atoms with Crippen LogP contribution in [0.25, 0.3) is 0 Å². The number of carbonyl (C=O) groups is 1. The van der Waals surface area contributed by atoms with Crippen LogP contribution in [0.1, 0.15) is 23.2 Å². The van der Waals surface area contributed by atoms with Gasteiger partial charge in [0.25, 0.3) is 0 Å². The molecule has 0 aliphatic carbocycles. The van der Waals surface area contributed by atoms with Crippen LogP contribution in [-0.4, -0.2) is 25.8 Å². The minimum Gasteiger partial charge on any atom is -0.462 e. The Balaban J connectivity index is 1.90. The van der Waals surface area contributed by atoms with Crippen LogP contribution in [0.5, 0.6) is 0 Å². The quantitative estimate of drug-likeness (QED) is 0.626. The molecule has 0 aromatic heterocycles. The molecule has 98 valence electrons. The van der Waals surface area contributed by atoms with E-state index in [9.17, 15) is 4.79 Å². The molecule has 5 heteroatoms. The van der Waals surface area contributed by atoms with Gasteiger partial charge in [-0.25, -0.2) is 4.79 Å². The molecule has 18 heavy (non-hydrogen) atoms. The van der Waals surface area contributed by atoms with Crippen molar-refractivity contribution in [2.75, 3.05) is 31.3 Å². The van der Waals surface area contributed by atoms with Gasteiger partial charge >= 0.3 is 5.97 Å². The molecule has 4 N–H and O–H groups in total. The number of hydrogen-bond acceptors (Lipinski definition) is 5. The number of ether oxygens (including phenoxy) is 2. The Kier molecular flexibility index (Phi) is 4.04. The van der Waals surface area contributed by atoms with E-state index in [0.717, 1.165) is 26.1 Å². The van der Waals surface area contributed by atoms with Crippen molar-refractivity contribution in [3.8, 4) is 0 Å². The second-order valence-electron chi connectivity index (χ2n) is 4.54. The number of esters is 1. The third-order valence-corrected chi connectivity index (χ3v) is 3.00. The number of carbonyl (C=O) groups excluding carboxylic acids is 1. The molecular weight excluding hydrogens is 232 g/mol. The van der Waals surface area contributed by atoms with E-state index in [1.165, 1.54) is 0 Å². The zero-order valence-electron chi connectivity index (χ0n) is 10.2. The Morgan fingerprint density at radius 3 is 2.44 bits per heavy atom. The van der Waals surface area contributed by atoms with Crippen molar-refractivity contribution in [3.05, 3.63) is 23.8 Å². The Hall–Kier alpha value is -1.75. The molecule has 0 atom stereocenters. The summed E-state index contributed by atoms with van der Waals surface area (Å²) in [6.45, 7) is 1.91. The Labute approximate surface area is 106 Å². The molecule has 0 saturated carbocycles.